The number of hydrogen-bond donors (Lipinski definition) is 1. The minimum atomic E-state index is -4.54. The highest BCUT2D eigenvalue weighted by Gasteiger charge is 2.22. The fraction of sp³-hybridized carbons (Fsp3) is 0.348. The van der Waals surface area contributed by atoms with Crippen LogP contribution in [-0.4, -0.2) is 30.9 Å². The molecule has 4 nitrogen and oxygen atoms in total. The molecule has 0 spiro atoms. The van der Waals surface area contributed by atoms with E-state index in [4.69, 9.17) is 11.2 Å². The first-order valence-electron chi connectivity index (χ1n) is 10.0. The van der Waals surface area contributed by atoms with Crippen LogP contribution in [0.3, 0.4) is 0 Å². The Labute approximate surface area is 175 Å². The average Bonchev–Trinajstić information content (AvgIpc) is 2.73. The average molecular weight is 420 g/mol. The van der Waals surface area contributed by atoms with Crippen LogP contribution in [0.5, 0.6) is 5.75 Å². The summed E-state index contributed by atoms with van der Waals surface area (Å²) in [6, 6.07) is 13.4. The Balaban J connectivity index is 2.01. The Bertz CT molecular complexity index is 920. The lowest BCUT2D eigenvalue weighted by Gasteiger charge is -2.21. The molecule has 160 valence electrons. The van der Waals surface area contributed by atoms with E-state index in [1.165, 1.54) is 18.1 Å². The summed E-state index contributed by atoms with van der Waals surface area (Å²) in [6.07, 6.45) is -2.37. The fourth-order valence-electron chi connectivity index (χ4n) is 2.66. The molecule has 0 fully saturated rings. The summed E-state index contributed by atoms with van der Waals surface area (Å²) in [6.45, 7) is -0.380. The predicted octanol–water partition coefficient (Wildman–Crippen LogP) is 5.26. The van der Waals surface area contributed by atoms with Crippen LogP contribution < -0.4 is 9.64 Å². The summed E-state index contributed by atoms with van der Waals surface area (Å²) in [5.41, 5.74) is 1.54. The minimum absolute atomic E-state index is 0.136. The summed E-state index contributed by atoms with van der Waals surface area (Å²) in [5, 5.41) is 8.66. The first-order valence-corrected chi connectivity index (χ1v) is 9.46. The van der Waals surface area contributed by atoms with E-state index in [0.29, 0.717) is 36.4 Å². The molecule has 0 aliphatic carbocycles. The Morgan fingerprint density at radius 1 is 1.13 bits per heavy atom. The van der Waals surface area contributed by atoms with E-state index in [0.717, 1.165) is 6.42 Å². The number of halogens is 3. The van der Waals surface area contributed by atoms with Gasteiger partial charge in [0.25, 0.3) is 0 Å². The number of hydrogen-bond acceptors (Lipinski definition) is 3. The molecule has 1 N–H and O–H groups in total. The van der Waals surface area contributed by atoms with Crippen molar-refractivity contribution < 1.29 is 29.2 Å². The van der Waals surface area contributed by atoms with E-state index >= 15 is 0 Å². The summed E-state index contributed by atoms with van der Waals surface area (Å²) in [4.78, 5) is 12.2. The topological polar surface area (TPSA) is 49.8 Å². The Hall–Kier alpha value is -3.14. The van der Waals surface area contributed by atoms with Crippen LogP contribution in [0, 0.1) is 11.8 Å². The van der Waals surface area contributed by atoms with Gasteiger partial charge in [0.2, 0.25) is 0 Å². The molecule has 1 unspecified atom stereocenters. The number of ether oxygens (including phenoxy) is 1. The van der Waals surface area contributed by atoms with E-state index in [1.807, 2.05) is 6.07 Å². The zero-order valence-corrected chi connectivity index (χ0v) is 16.6. The summed E-state index contributed by atoms with van der Waals surface area (Å²) in [5.74, 6) is 3.06. The van der Waals surface area contributed by atoms with Crippen molar-refractivity contribution in [1.82, 2.24) is 0 Å². The van der Waals surface area contributed by atoms with Crippen LogP contribution in [-0.2, 0) is 11.3 Å². The maximum Gasteiger partial charge on any atom is 0.458 e. The molecule has 7 heteroatoms. The van der Waals surface area contributed by atoms with Crippen molar-refractivity contribution in [2.24, 2.45) is 0 Å². The maximum atomic E-state index is 12.2. The lowest BCUT2D eigenvalue weighted by molar-refractivity contribution is -0.137. The van der Waals surface area contributed by atoms with Gasteiger partial charge in [-0.2, -0.15) is 13.2 Å². The molecule has 0 heterocycles. The van der Waals surface area contributed by atoms with Crippen molar-refractivity contribution in [2.45, 2.75) is 38.4 Å². The van der Waals surface area contributed by atoms with Crippen LogP contribution in [0.25, 0.3) is 0 Å². The van der Waals surface area contributed by atoms with E-state index in [2.05, 4.69) is 5.92 Å². The summed E-state index contributed by atoms with van der Waals surface area (Å²) in [7, 11) is 1.72. The number of anilines is 1. The molecule has 0 aliphatic rings. The lowest BCUT2D eigenvalue weighted by atomic mass is 10.1. The molecule has 0 aliphatic heterocycles. The van der Waals surface area contributed by atoms with Gasteiger partial charge in [-0.15, -0.1) is 0 Å². The van der Waals surface area contributed by atoms with Gasteiger partial charge in [-0.3, -0.25) is 4.79 Å². The molecule has 2 aromatic rings. The number of alkyl halides is 3. The van der Waals surface area contributed by atoms with Crippen LogP contribution in [0.4, 0.5) is 18.9 Å². The summed E-state index contributed by atoms with van der Waals surface area (Å²) >= 11 is 0. The van der Waals surface area contributed by atoms with Gasteiger partial charge in [0.1, 0.15) is 5.75 Å². The van der Waals surface area contributed by atoms with Crippen LogP contribution in [0.15, 0.2) is 48.5 Å². The van der Waals surface area contributed by atoms with Gasteiger partial charge in [-0.1, -0.05) is 24.1 Å². The third-order valence-electron chi connectivity index (χ3n) is 4.17. The normalized spacial score (nSPS) is 12.3. The molecule has 1 atom stereocenters. The number of nitrogens with zero attached hydrogens (tertiary/aromatic N) is 1. The van der Waals surface area contributed by atoms with Crippen molar-refractivity contribution in [2.75, 3.05) is 18.6 Å². The molecule has 0 aromatic heterocycles. The second kappa shape index (κ2) is 11.1. The largest absolute Gasteiger partial charge is 0.493 e. The summed E-state index contributed by atoms with van der Waals surface area (Å²) < 4.78 is 51.1. The van der Waals surface area contributed by atoms with Gasteiger partial charge < -0.3 is 14.7 Å². The second-order valence-corrected chi connectivity index (χ2v) is 6.63. The first-order chi connectivity index (χ1) is 14.7. The van der Waals surface area contributed by atoms with Gasteiger partial charge in [-0.05, 0) is 49.6 Å². The van der Waals surface area contributed by atoms with Gasteiger partial charge in [0.05, 0.1) is 7.98 Å². The number of unbranched alkanes of at least 4 members (excludes halogenated alkanes) is 2. The molecule has 0 bridgehead atoms. The zero-order chi connectivity index (χ0) is 22.9. The van der Waals surface area contributed by atoms with Gasteiger partial charge in [0.15, 0.2) is 0 Å². The van der Waals surface area contributed by atoms with Gasteiger partial charge >= 0.3 is 12.1 Å². The zero-order valence-electron chi connectivity index (χ0n) is 17.6. The predicted molar refractivity (Wildman–Crippen MR) is 110 cm³/mol. The maximum absolute atomic E-state index is 12.2. The molecule has 0 saturated heterocycles. The number of rotatable bonds is 10. The fourth-order valence-corrected chi connectivity index (χ4v) is 2.66. The van der Waals surface area contributed by atoms with E-state index in [-0.39, 0.29) is 12.0 Å². The molecule has 2 aromatic carbocycles. The first kappa shape index (κ1) is 21.6. The van der Waals surface area contributed by atoms with Crippen molar-refractivity contribution in [3.05, 3.63) is 59.7 Å². The molecule has 30 heavy (non-hydrogen) atoms. The number of carboxylic acid groups (broad SMARTS) is 1. The lowest BCUT2D eigenvalue weighted by Crippen LogP contribution is -2.17. The van der Waals surface area contributed by atoms with Crippen LogP contribution in [0.1, 0.15) is 38.2 Å². The van der Waals surface area contributed by atoms with Crippen molar-refractivity contribution in [3.63, 3.8) is 0 Å². The number of aliphatic carboxylic acids is 1. The smallest absolute Gasteiger partial charge is 0.458 e. The third kappa shape index (κ3) is 8.48. The van der Waals surface area contributed by atoms with Gasteiger partial charge in [-0.25, -0.2) is 0 Å². The molecule has 2 rings (SSSR count). The molecular formula is C23H24F3NO3. The highest BCUT2D eigenvalue weighted by atomic mass is 19.4. The van der Waals surface area contributed by atoms with E-state index in [9.17, 15) is 18.0 Å². The molecule has 0 radical (unpaired) electrons. The number of carbonyl (C=O) groups is 1. The van der Waals surface area contributed by atoms with Gasteiger partial charge in [0, 0.05) is 42.7 Å². The van der Waals surface area contributed by atoms with E-state index < -0.39 is 18.7 Å². The SMILES string of the molecule is [2H]C(c1ccccc1OCCCCCC(=O)O)N(C)c1ccc(C#CC(F)(F)F)cc1. The Morgan fingerprint density at radius 2 is 1.83 bits per heavy atom. The Morgan fingerprint density at radius 3 is 2.50 bits per heavy atom. The van der Waals surface area contributed by atoms with E-state index in [1.54, 1.807) is 42.3 Å². The van der Waals surface area contributed by atoms with Crippen LogP contribution in [0.2, 0.25) is 0 Å². The number of carboxylic acids is 1. The quantitative estimate of drug-likeness (QED) is 0.421. The minimum Gasteiger partial charge on any atom is -0.493 e. The molecule has 0 amide bonds. The van der Waals surface area contributed by atoms with Crippen molar-refractivity contribution in [3.8, 4) is 17.6 Å². The monoisotopic (exact) mass is 420 g/mol. The molecular weight excluding hydrogens is 395 g/mol. The standard InChI is InChI=1S/C23H24F3NO3/c1-27(20-12-10-18(11-13-20)14-15-23(24,25)26)17-19-7-4-5-8-21(19)30-16-6-2-3-9-22(28)29/h4-5,7-8,10-13H,2-3,6,9,16-17H2,1H3,(H,28,29)/i17D. The van der Waals surface area contributed by atoms with Crippen molar-refractivity contribution in [1.29, 1.82) is 0 Å². The highest BCUT2D eigenvalue weighted by molar-refractivity contribution is 5.66. The highest BCUT2D eigenvalue weighted by Crippen LogP contribution is 2.23. The third-order valence-corrected chi connectivity index (χ3v) is 4.17. The van der Waals surface area contributed by atoms with Crippen molar-refractivity contribution >= 4 is 11.7 Å². The number of benzene rings is 2. The Kier molecular flexibility index (Phi) is 8.02. The van der Waals surface area contributed by atoms with Crippen LogP contribution >= 0.6 is 0 Å². The second-order valence-electron chi connectivity index (χ2n) is 6.63. The molecule has 0 saturated carbocycles. The number of para-hydroxylation sites is 1.